The van der Waals surface area contributed by atoms with E-state index in [1.54, 1.807) is 10.4 Å². The van der Waals surface area contributed by atoms with Crippen LogP contribution in [-0.2, 0) is 19.3 Å². The maximum Gasteiger partial charge on any atom is 0.0455 e. The number of hydrogen-bond acceptors (Lipinski definition) is 2. The van der Waals surface area contributed by atoms with E-state index < -0.39 is 0 Å². The summed E-state index contributed by atoms with van der Waals surface area (Å²) in [7, 11) is 0. The Morgan fingerprint density at radius 3 is 2.79 bits per heavy atom. The molecule has 2 aromatic rings. The predicted octanol–water partition coefficient (Wildman–Crippen LogP) is 4.13. The molecule has 0 fully saturated rings. The van der Waals surface area contributed by atoms with Crippen molar-refractivity contribution in [1.29, 1.82) is 0 Å². The minimum atomic E-state index is 0.475. The third-order valence-electron chi connectivity index (χ3n) is 3.84. The normalized spacial score (nSPS) is 15.4. The first-order chi connectivity index (χ1) is 9.36. The summed E-state index contributed by atoms with van der Waals surface area (Å²) in [4.78, 5) is 3.15. The van der Waals surface area contributed by atoms with Gasteiger partial charge in [-0.1, -0.05) is 37.3 Å². The van der Waals surface area contributed by atoms with E-state index in [2.05, 4.69) is 48.6 Å². The molecule has 100 valence electrons. The summed E-state index contributed by atoms with van der Waals surface area (Å²) in [6.07, 6.45) is 5.03. The monoisotopic (exact) mass is 271 g/mol. The van der Waals surface area contributed by atoms with E-state index >= 15 is 0 Å². The zero-order valence-electron chi connectivity index (χ0n) is 11.5. The van der Waals surface area contributed by atoms with Gasteiger partial charge in [-0.2, -0.15) is 0 Å². The highest BCUT2D eigenvalue weighted by atomic mass is 32.1. The molecule has 3 rings (SSSR count). The van der Waals surface area contributed by atoms with Crippen molar-refractivity contribution in [3.63, 3.8) is 0 Å². The Kier molecular flexibility index (Phi) is 4.00. The topological polar surface area (TPSA) is 12.0 Å². The number of nitrogens with one attached hydrogen (secondary N) is 1. The van der Waals surface area contributed by atoms with Crippen molar-refractivity contribution in [2.45, 2.75) is 38.6 Å². The van der Waals surface area contributed by atoms with Crippen molar-refractivity contribution in [2.75, 3.05) is 6.54 Å². The molecule has 0 bridgehead atoms. The van der Waals surface area contributed by atoms with Crippen molar-refractivity contribution < 1.29 is 0 Å². The second-order valence-electron chi connectivity index (χ2n) is 5.25. The molecule has 0 spiro atoms. The van der Waals surface area contributed by atoms with Crippen LogP contribution >= 0.6 is 11.3 Å². The Labute approximate surface area is 119 Å². The summed E-state index contributed by atoms with van der Waals surface area (Å²) >= 11 is 2.03. The van der Waals surface area contributed by atoms with Gasteiger partial charge in [-0.05, 0) is 49.4 Å². The lowest BCUT2D eigenvalue weighted by Gasteiger charge is -2.16. The lowest BCUT2D eigenvalue weighted by atomic mass is 10.0. The van der Waals surface area contributed by atoms with Crippen LogP contribution in [0.5, 0.6) is 0 Å². The maximum absolute atomic E-state index is 3.65. The van der Waals surface area contributed by atoms with E-state index in [4.69, 9.17) is 0 Å². The van der Waals surface area contributed by atoms with E-state index in [9.17, 15) is 0 Å². The zero-order chi connectivity index (χ0) is 13.1. The van der Waals surface area contributed by atoms with Crippen LogP contribution in [0.4, 0.5) is 0 Å². The van der Waals surface area contributed by atoms with Crippen LogP contribution in [0.1, 0.15) is 40.3 Å². The van der Waals surface area contributed by atoms with E-state index in [-0.39, 0.29) is 0 Å². The summed E-state index contributed by atoms with van der Waals surface area (Å²) in [5.74, 6) is 0. The first kappa shape index (κ1) is 12.9. The fourth-order valence-electron chi connectivity index (χ4n) is 2.89. The van der Waals surface area contributed by atoms with Gasteiger partial charge in [0, 0.05) is 15.8 Å². The van der Waals surface area contributed by atoms with Gasteiger partial charge >= 0.3 is 0 Å². The van der Waals surface area contributed by atoms with Crippen LogP contribution < -0.4 is 5.32 Å². The van der Waals surface area contributed by atoms with Crippen molar-refractivity contribution in [1.82, 2.24) is 5.32 Å². The minimum Gasteiger partial charge on any atom is -0.309 e. The number of fused-ring (bicyclic) bond motifs is 1. The molecule has 2 heteroatoms. The first-order valence-corrected chi connectivity index (χ1v) is 8.07. The average molecular weight is 271 g/mol. The molecule has 1 aromatic heterocycles. The highest BCUT2D eigenvalue weighted by Crippen LogP contribution is 2.34. The van der Waals surface area contributed by atoms with Gasteiger partial charge in [-0.15, -0.1) is 11.3 Å². The molecule has 1 unspecified atom stereocenters. The number of thiophene rings is 1. The van der Waals surface area contributed by atoms with Gasteiger partial charge in [0.25, 0.3) is 0 Å². The number of aryl methyl sites for hydroxylation is 2. The molecule has 0 aliphatic heterocycles. The summed E-state index contributed by atoms with van der Waals surface area (Å²) in [5, 5.41) is 3.65. The molecule has 0 saturated heterocycles. The molecule has 1 N–H and O–H groups in total. The predicted molar refractivity (Wildman–Crippen MR) is 82.9 cm³/mol. The molecule has 1 aliphatic rings. The van der Waals surface area contributed by atoms with Crippen LogP contribution in [0.15, 0.2) is 36.4 Å². The van der Waals surface area contributed by atoms with Gasteiger partial charge in [0.05, 0.1) is 0 Å². The summed E-state index contributed by atoms with van der Waals surface area (Å²) < 4.78 is 0. The van der Waals surface area contributed by atoms with Crippen molar-refractivity contribution in [3.8, 4) is 0 Å². The highest BCUT2D eigenvalue weighted by molar-refractivity contribution is 7.12. The van der Waals surface area contributed by atoms with Crippen LogP contribution in [0.2, 0.25) is 0 Å². The number of likely N-dealkylation sites (N-methyl/N-ethyl adjacent to an activating group) is 1. The average Bonchev–Trinajstić information content (AvgIpc) is 3.00. The fourth-order valence-corrected chi connectivity index (χ4v) is 4.23. The van der Waals surface area contributed by atoms with Gasteiger partial charge in [0.2, 0.25) is 0 Å². The third-order valence-corrected chi connectivity index (χ3v) is 5.19. The lowest BCUT2D eigenvalue weighted by molar-refractivity contribution is 0.558. The number of rotatable bonds is 5. The Morgan fingerprint density at radius 2 is 2.05 bits per heavy atom. The molecule has 1 heterocycles. The largest absolute Gasteiger partial charge is 0.309 e. The molecular weight excluding hydrogens is 250 g/mol. The molecule has 1 aliphatic carbocycles. The lowest BCUT2D eigenvalue weighted by Crippen LogP contribution is -2.22. The Morgan fingerprint density at radius 1 is 1.21 bits per heavy atom. The van der Waals surface area contributed by atoms with E-state index in [1.807, 2.05) is 11.3 Å². The van der Waals surface area contributed by atoms with Crippen molar-refractivity contribution in [3.05, 3.63) is 57.3 Å². The molecule has 1 atom stereocenters. The second-order valence-corrected chi connectivity index (χ2v) is 6.42. The SMILES string of the molecule is CCNC(Cc1ccccc1)c1cc2c(s1)CCC2. The molecule has 0 saturated carbocycles. The van der Waals surface area contributed by atoms with Gasteiger partial charge in [-0.3, -0.25) is 0 Å². The summed E-state index contributed by atoms with van der Waals surface area (Å²) in [5.41, 5.74) is 3.03. The maximum atomic E-state index is 3.65. The van der Waals surface area contributed by atoms with Gasteiger partial charge in [-0.25, -0.2) is 0 Å². The Balaban J connectivity index is 1.80. The fraction of sp³-hybridized carbons (Fsp3) is 0.412. The smallest absolute Gasteiger partial charge is 0.0455 e. The minimum absolute atomic E-state index is 0.475. The van der Waals surface area contributed by atoms with E-state index in [0.29, 0.717) is 6.04 Å². The van der Waals surface area contributed by atoms with Crippen molar-refractivity contribution in [2.24, 2.45) is 0 Å². The quantitative estimate of drug-likeness (QED) is 0.862. The molecule has 0 amide bonds. The molecule has 19 heavy (non-hydrogen) atoms. The third kappa shape index (κ3) is 2.90. The Bertz CT molecular complexity index is 508. The van der Waals surface area contributed by atoms with E-state index in [1.165, 1.54) is 29.7 Å². The first-order valence-electron chi connectivity index (χ1n) is 7.25. The highest BCUT2D eigenvalue weighted by Gasteiger charge is 2.19. The Hall–Kier alpha value is -1.12. The molecule has 0 radical (unpaired) electrons. The molecule has 1 aromatic carbocycles. The zero-order valence-corrected chi connectivity index (χ0v) is 12.3. The van der Waals surface area contributed by atoms with Crippen LogP contribution in [0.25, 0.3) is 0 Å². The van der Waals surface area contributed by atoms with Gasteiger partial charge in [0.15, 0.2) is 0 Å². The molecule has 1 nitrogen and oxygen atoms in total. The standard InChI is InChI=1S/C17H21NS/c1-2-18-15(11-13-7-4-3-5-8-13)17-12-14-9-6-10-16(14)19-17/h3-5,7-8,12,15,18H,2,6,9-11H2,1H3. The summed E-state index contributed by atoms with van der Waals surface area (Å²) in [6, 6.07) is 13.7. The summed E-state index contributed by atoms with van der Waals surface area (Å²) in [6.45, 7) is 3.22. The van der Waals surface area contributed by atoms with Gasteiger partial charge in [0.1, 0.15) is 0 Å². The van der Waals surface area contributed by atoms with Gasteiger partial charge < -0.3 is 5.32 Å². The van der Waals surface area contributed by atoms with Crippen molar-refractivity contribution >= 4 is 11.3 Å². The van der Waals surface area contributed by atoms with Crippen LogP contribution in [-0.4, -0.2) is 6.54 Å². The number of hydrogen-bond donors (Lipinski definition) is 1. The number of benzene rings is 1. The van der Waals surface area contributed by atoms with E-state index in [0.717, 1.165) is 13.0 Å². The van der Waals surface area contributed by atoms with Crippen LogP contribution in [0, 0.1) is 0 Å². The second kappa shape index (κ2) is 5.89. The van der Waals surface area contributed by atoms with Crippen LogP contribution in [0.3, 0.4) is 0 Å². The molecular formula is C17H21NS.